The summed E-state index contributed by atoms with van der Waals surface area (Å²) in [5.74, 6) is -1.31. The predicted octanol–water partition coefficient (Wildman–Crippen LogP) is 2.67. The summed E-state index contributed by atoms with van der Waals surface area (Å²) in [6.45, 7) is 5.03. The van der Waals surface area contributed by atoms with Crippen LogP contribution in [0.25, 0.3) is 0 Å². The zero-order valence-corrected chi connectivity index (χ0v) is 20.1. The van der Waals surface area contributed by atoms with E-state index in [0.717, 1.165) is 11.8 Å². The molecule has 0 saturated carbocycles. The second kappa shape index (κ2) is 8.56. The van der Waals surface area contributed by atoms with Crippen molar-refractivity contribution in [1.29, 1.82) is 0 Å². The van der Waals surface area contributed by atoms with Crippen LogP contribution in [0.3, 0.4) is 0 Å². The Labute approximate surface area is 195 Å². The fraction of sp³-hybridized carbons (Fsp3) is 0.150. The van der Waals surface area contributed by atoms with Crippen molar-refractivity contribution in [2.24, 2.45) is 10.9 Å². The van der Waals surface area contributed by atoms with Crippen LogP contribution >= 0.6 is 23.4 Å². The molecule has 1 heterocycles. The molecule has 8 nitrogen and oxygen atoms in total. The van der Waals surface area contributed by atoms with Crippen molar-refractivity contribution in [3.63, 3.8) is 0 Å². The number of nitrogens with zero attached hydrogens (tertiary/aromatic N) is 1. The predicted molar refractivity (Wildman–Crippen MR) is 127 cm³/mol. The summed E-state index contributed by atoms with van der Waals surface area (Å²) in [7, 11) is -8.41. The Balaban J connectivity index is 2.50. The molecule has 2 aromatic carbocycles. The van der Waals surface area contributed by atoms with E-state index >= 15 is 0 Å². The first-order chi connectivity index (χ1) is 14.9. The molecule has 0 saturated heterocycles. The molecule has 2 aromatic rings. The van der Waals surface area contributed by atoms with Crippen LogP contribution in [-0.2, 0) is 28.9 Å². The largest absolute Gasteiger partial charge is 0.365 e. The minimum absolute atomic E-state index is 0.0150. The first-order valence-electron chi connectivity index (χ1n) is 9.08. The van der Waals surface area contributed by atoms with Crippen LogP contribution in [0, 0.1) is 0 Å². The van der Waals surface area contributed by atoms with E-state index in [9.17, 15) is 21.6 Å². The third kappa shape index (κ3) is 3.95. The van der Waals surface area contributed by atoms with Crippen LogP contribution in [0.5, 0.6) is 0 Å². The van der Waals surface area contributed by atoms with Crippen LogP contribution in [0.4, 0.5) is 5.69 Å². The van der Waals surface area contributed by atoms with Gasteiger partial charge < -0.3 is 10.6 Å². The van der Waals surface area contributed by atoms with Crippen molar-refractivity contribution >= 4 is 54.8 Å². The number of sulfone groups is 1. The van der Waals surface area contributed by atoms with E-state index in [-0.39, 0.29) is 26.7 Å². The summed E-state index contributed by atoms with van der Waals surface area (Å²) in [4.78, 5) is 13.2. The lowest BCUT2D eigenvalue weighted by Gasteiger charge is -2.40. The van der Waals surface area contributed by atoms with Gasteiger partial charge in [-0.15, -0.1) is 6.58 Å². The second-order valence-electron chi connectivity index (χ2n) is 6.89. The first kappa shape index (κ1) is 24.3. The molecule has 1 atom stereocenters. The maximum Gasteiger partial charge on any atom is 0.257 e. The van der Waals surface area contributed by atoms with Crippen LogP contribution < -0.4 is 15.8 Å². The van der Waals surface area contributed by atoms with E-state index in [1.807, 2.05) is 0 Å². The summed E-state index contributed by atoms with van der Waals surface area (Å²) >= 11 is 6.74. The number of para-hydroxylation sites is 1. The van der Waals surface area contributed by atoms with Gasteiger partial charge >= 0.3 is 0 Å². The molecule has 0 spiro atoms. The van der Waals surface area contributed by atoms with E-state index in [0.29, 0.717) is 5.02 Å². The number of hydrogen-bond donors (Lipinski definition) is 2. The minimum atomic E-state index is -4.25. The van der Waals surface area contributed by atoms with Gasteiger partial charge in [0.1, 0.15) is 4.90 Å². The zero-order valence-electron chi connectivity index (χ0n) is 16.9. The highest BCUT2D eigenvalue weighted by Crippen LogP contribution is 2.58. The molecule has 1 unspecified atom stereocenters. The van der Waals surface area contributed by atoms with E-state index in [1.54, 1.807) is 0 Å². The number of benzene rings is 2. The topological polar surface area (TPSA) is 141 Å². The average molecular weight is 514 g/mol. The summed E-state index contributed by atoms with van der Waals surface area (Å²) in [5, 5.41) is 5.79. The Morgan fingerprint density at radius 3 is 2.28 bits per heavy atom. The molecule has 12 heteroatoms. The second-order valence-corrected chi connectivity index (χ2v) is 12.5. The Hall–Kier alpha value is -2.31. The van der Waals surface area contributed by atoms with Crippen molar-refractivity contribution in [3.05, 3.63) is 82.4 Å². The Morgan fingerprint density at radius 2 is 1.75 bits per heavy atom. The highest BCUT2D eigenvalue weighted by Gasteiger charge is 2.57. The summed E-state index contributed by atoms with van der Waals surface area (Å²) < 4.78 is 50.3. The normalized spacial score (nSPS) is 19.3. The standard InChI is InChI=1S/C20H20ClN3O5S3/c1-3-12-31(26,27)20(14-8-10-15(21)11-9-14)24(13(2)18(30-20)19(22)25)16-6-4-5-7-17(16)32(23,28)29/h3-11H,1,12H2,2H3,(H2,22,25)(H2,23,28,29). The SMILES string of the molecule is C=CCS(=O)(=O)C1(c2ccc(Cl)cc2)SC(C(N)=O)=C(C)N1c1ccccc1S(N)(=O)=O. The van der Waals surface area contributed by atoms with Gasteiger partial charge in [-0.3, -0.25) is 4.79 Å². The molecule has 0 aromatic heterocycles. The number of thioether (sulfide) groups is 1. The van der Waals surface area contributed by atoms with E-state index in [1.165, 1.54) is 66.4 Å². The number of anilines is 1. The highest BCUT2D eigenvalue weighted by molar-refractivity contribution is 8.17. The molecule has 32 heavy (non-hydrogen) atoms. The van der Waals surface area contributed by atoms with Gasteiger partial charge in [-0.2, -0.15) is 0 Å². The number of primary amides is 1. The van der Waals surface area contributed by atoms with Crippen molar-refractivity contribution in [1.82, 2.24) is 0 Å². The van der Waals surface area contributed by atoms with E-state index < -0.39 is 35.7 Å². The molecular formula is C20H20ClN3O5S3. The number of halogens is 1. The lowest BCUT2D eigenvalue weighted by Crippen LogP contribution is -2.47. The van der Waals surface area contributed by atoms with Crippen LogP contribution in [0.15, 0.2) is 76.7 Å². The number of carbonyl (C=O) groups excluding carboxylic acids is 1. The third-order valence-electron chi connectivity index (χ3n) is 4.80. The van der Waals surface area contributed by atoms with Crippen molar-refractivity contribution in [2.45, 2.75) is 16.0 Å². The maximum atomic E-state index is 13.8. The van der Waals surface area contributed by atoms with Gasteiger partial charge in [0.25, 0.3) is 5.91 Å². The number of hydrogen-bond acceptors (Lipinski definition) is 7. The van der Waals surface area contributed by atoms with Crippen LogP contribution in [0.1, 0.15) is 12.5 Å². The smallest absolute Gasteiger partial charge is 0.257 e. The number of carbonyl (C=O) groups is 1. The van der Waals surface area contributed by atoms with E-state index in [4.69, 9.17) is 22.5 Å². The molecule has 0 radical (unpaired) electrons. The number of allylic oxidation sites excluding steroid dienone is 1. The number of sulfonamides is 1. The molecular weight excluding hydrogens is 494 g/mol. The zero-order chi connectivity index (χ0) is 23.9. The fourth-order valence-corrected chi connectivity index (χ4v) is 8.08. The van der Waals surface area contributed by atoms with Gasteiger partial charge in [0.2, 0.25) is 14.2 Å². The Bertz CT molecular complexity index is 1340. The third-order valence-corrected chi connectivity index (χ3v) is 10.4. The molecule has 3 rings (SSSR count). The number of amides is 1. The summed E-state index contributed by atoms with van der Waals surface area (Å²) in [6.07, 6.45) is 1.22. The molecule has 1 aliphatic rings. The van der Waals surface area contributed by atoms with Crippen LogP contribution in [-0.4, -0.2) is 28.5 Å². The van der Waals surface area contributed by atoms with E-state index in [2.05, 4.69) is 6.58 Å². The van der Waals surface area contributed by atoms with Crippen molar-refractivity contribution in [3.8, 4) is 0 Å². The average Bonchev–Trinajstić information content (AvgIpc) is 3.02. The number of primary sulfonamides is 1. The molecule has 4 N–H and O–H groups in total. The van der Waals surface area contributed by atoms with Gasteiger partial charge in [-0.25, -0.2) is 22.0 Å². The Kier molecular flexibility index (Phi) is 6.51. The lowest BCUT2D eigenvalue weighted by atomic mass is 10.1. The Morgan fingerprint density at radius 1 is 1.16 bits per heavy atom. The number of rotatable bonds is 7. The van der Waals surface area contributed by atoms with Gasteiger partial charge in [0, 0.05) is 16.3 Å². The number of nitrogens with two attached hydrogens (primary N) is 2. The molecule has 0 fully saturated rings. The van der Waals surface area contributed by atoms with Crippen molar-refractivity contribution in [2.75, 3.05) is 10.7 Å². The molecule has 1 amide bonds. The van der Waals surface area contributed by atoms with Gasteiger partial charge in [-0.1, -0.05) is 53.7 Å². The molecule has 1 aliphatic heterocycles. The van der Waals surface area contributed by atoms with Gasteiger partial charge in [-0.05, 0) is 31.2 Å². The minimum Gasteiger partial charge on any atom is -0.365 e. The fourth-order valence-electron chi connectivity index (χ4n) is 3.53. The maximum absolute atomic E-state index is 13.8. The van der Waals surface area contributed by atoms with Gasteiger partial charge in [0.05, 0.1) is 16.3 Å². The highest BCUT2D eigenvalue weighted by atomic mass is 35.5. The molecule has 170 valence electrons. The van der Waals surface area contributed by atoms with Crippen LogP contribution in [0.2, 0.25) is 5.02 Å². The quantitative estimate of drug-likeness (QED) is 0.542. The molecule has 0 bridgehead atoms. The summed E-state index contributed by atoms with van der Waals surface area (Å²) in [6, 6.07) is 11.7. The molecule has 0 aliphatic carbocycles. The van der Waals surface area contributed by atoms with Crippen molar-refractivity contribution < 1.29 is 21.6 Å². The lowest BCUT2D eigenvalue weighted by molar-refractivity contribution is -0.113. The van der Waals surface area contributed by atoms with Gasteiger partial charge in [0.15, 0.2) is 9.84 Å². The summed E-state index contributed by atoms with van der Waals surface area (Å²) in [5.41, 5.74) is 5.97. The first-order valence-corrected chi connectivity index (χ1v) is 13.5. The monoisotopic (exact) mass is 513 g/mol.